The van der Waals surface area contributed by atoms with Gasteiger partial charge in [0, 0.05) is 44.2 Å². The number of hydrogen-bond donors (Lipinski definition) is 1. The average Bonchev–Trinajstić information content (AvgIpc) is 2.88. The molecule has 20 heavy (non-hydrogen) atoms. The summed E-state index contributed by atoms with van der Waals surface area (Å²) in [5.74, 6) is 0.182. The molecule has 1 N–H and O–H groups in total. The number of hydrogen-bond acceptors (Lipinski definition) is 2. The first kappa shape index (κ1) is 14.6. The van der Waals surface area contributed by atoms with Gasteiger partial charge in [-0.1, -0.05) is 18.2 Å². The lowest BCUT2D eigenvalue weighted by atomic mass is 10.1. The summed E-state index contributed by atoms with van der Waals surface area (Å²) in [7, 11) is 3.47. The van der Waals surface area contributed by atoms with Crippen LogP contribution in [0.5, 0.6) is 0 Å². The first-order chi connectivity index (χ1) is 9.72. The topological polar surface area (TPSA) is 45.3 Å². The van der Waals surface area contributed by atoms with E-state index in [1.54, 1.807) is 12.0 Å². The third-order valence-corrected chi connectivity index (χ3v) is 3.57. The summed E-state index contributed by atoms with van der Waals surface area (Å²) in [5.41, 5.74) is 2.44. The SMILES string of the molecule is COCCN(C)C(=O)CCCc1c[nH]c2ccccc12. The summed E-state index contributed by atoms with van der Waals surface area (Å²) in [4.78, 5) is 16.9. The van der Waals surface area contributed by atoms with Gasteiger partial charge in [-0.2, -0.15) is 0 Å². The van der Waals surface area contributed by atoms with Gasteiger partial charge in [-0.3, -0.25) is 4.79 Å². The lowest BCUT2D eigenvalue weighted by Crippen LogP contribution is -2.29. The Morgan fingerprint density at radius 3 is 2.95 bits per heavy atom. The standard InChI is InChI=1S/C16H22N2O2/c1-18(10-11-20-2)16(19)9-5-6-13-12-17-15-8-4-3-7-14(13)15/h3-4,7-8,12,17H,5-6,9-11H2,1-2H3. The van der Waals surface area contributed by atoms with Gasteiger partial charge in [0.05, 0.1) is 6.61 Å². The number of H-pyrrole nitrogens is 1. The van der Waals surface area contributed by atoms with Gasteiger partial charge in [-0.05, 0) is 24.5 Å². The maximum absolute atomic E-state index is 11.9. The molecule has 0 saturated heterocycles. The maximum Gasteiger partial charge on any atom is 0.222 e. The van der Waals surface area contributed by atoms with Crippen LogP contribution in [0, 0.1) is 0 Å². The fraction of sp³-hybridized carbons (Fsp3) is 0.438. The average molecular weight is 274 g/mol. The number of fused-ring (bicyclic) bond motifs is 1. The van der Waals surface area contributed by atoms with Crippen LogP contribution in [0.3, 0.4) is 0 Å². The Morgan fingerprint density at radius 1 is 1.35 bits per heavy atom. The zero-order valence-corrected chi connectivity index (χ0v) is 12.2. The quantitative estimate of drug-likeness (QED) is 0.843. The highest BCUT2D eigenvalue weighted by molar-refractivity contribution is 5.83. The second-order valence-corrected chi connectivity index (χ2v) is 5.02. The van der Waals surface area contributed by atoms with Crippen LogP contribution in [-0.4, -0.2) is 43.1 Å². The molecule has 1 aromatic heterocycles. The van der Waals surface area contributed by atoms with Crippen LogP contribution in [-0.2, 0) is 16.0 Å². The number of amides is 1. The molecule has 0 aliphatic heterocycles. The van der Waals surface area contributed by atoms with Crippen LogP contribution in [0.25, 0.3) is 10.9 Å². The Kier molecular flexibility index (Phi) is 5.18. The maximum atomic E-state index is 11.9. The molecule has 1 aromatic carbocycles. The normalized spacial score (nSPS) is 10.9. The van der Waals surface area contributed by atoms with E-state index in [0.717, 1.165) is 18.4 Å². The Bertz CT molecular complexity index is 562. The number of benzene rings is 1. The third kappa shape index (κ3) is 3.61. The highest BCUT2D eigenvalue weighted by atomic mass is 16.5. The van der Waals surface area contributed by atoms with Crippen LogP contribution < -0.4 is 0 Å². The number of nitrogens with zero attached hydrogens (tertiary/aromatic N) is 1. The summed E-state index contributed by atoms with van der Waals surface area (Å²) in [5, 5.41) is 1.26. The zero-order chi connectivity index (χ0) is 14.4. The molecule has 4 nitrogen and oxygen atoms in total. The number of para-hydroxylation sites is 1. The number of carbonyl (C=O) groups excluding carboxylic acids is 1. The largest absolute Gasteiger partial charge is 0.383 e. The molecule has 1 amide bonds. The smallest absolute Gasteiger partial charge is 0.222 e. The Morgan fingerprint density at radius 2 is 2.15 bits per heavy atom. The first-order valence-corrected chi connectivity index (χ1v) is 7.00. The van der Waals surface area contributed by atoms with Crippen molar-refractivity contribution in [3.8, 4) is 0 Å². The molecule has 2 rings (SSSR count). The van der Waals surface area contributed by atoms with Crippen molar-refractivity contribution < 1.29 is 9.53 Å². The summed E-state index contributed by atoms with van der Waals surface area (Å²) in [6, 6.07) is 8.26. The number of nitrogens with one attached hydrogen (secondary N) is 1. The van der Waals surface area contributed by atoms with Gasteiger partial charge in [-0.15, -0.1) is 0 Å². The van der Waals surface area contributed by atoms with Gasteiger partial charge in [0.2, 0.25) is 5.91 Å². The van der Waals surface area contributed by atoms with Crippen LogP contribution in [0.4, 0.5) is 0 Å². The molecule has 0 bridgehead atoms. The summed E-state index contributed by atoms with van der Waals surface area (Å²) >= 11 is 0. The molecule has 0 saturated carbocycles. The molecule has 0 atom stereocenters. The number of likely N-dealkylation sites (N-methyl/N-ethyl adjacent to an activating group) is 1. The molecule has 108 valence electrons. The lowest BCUT2D eigenvalue weighted by molar-refractivity contribution is -0.130. The predicted octanol–water partition coefficient (Wildman–Crippen LogP) is 2.60. The Balaban J connectivity index is 1.82. The molecular weight excluding hydrogens is 252 g/mol. The van der Waals surface area contributed by atoms with E-state index in [2.05, 4.69) is 17.1 Å². The van der Waals surface area contributed by atoms with Crippen molar-refractivity contribution in [2.24, 2.45) is 0 Å². The van der Waals surface area contributed by atoms with Gasteiger partial charge in [-0.25, -0.2) is 0 Å². The van der Waals surface area contributed by atoms with Gasteiger partial charge in [0.1, 0.15) is 0 Å². The number of aryl methyl sites for hydroxylation is 1. The van der Waals surface area contributed by atoms with E-state index in [1.165, 1.54) is 10.9 Å². The van der Waals surface area contributed by atoms with E-state index >= 15 is 0 Å². The predicted molar refractivity (Wildman–Crippen MR) is 80.7 cm³/mol. The number of aromatic amines is 1. The fourth-order valence-electron chi connectivity index (χ4n) is 2.31. The molecule has 0 radical (unpaired) electrons. The number of carbonyl (C=O) groups is 1. The minimum absolute atomic E-state index is 0.182. The zero-order valence-electron chi connectivity index (χ0n) is 12.2. The molecular formula is C16H22N2O2. The minimum atomic E-state index is 0.182. The van der Waals surface area contributed by atoms with E-state index in [4.69, 9.17) is 4.74 Å². The number of aromatic nitrogens is 1. The van der Waals surface area contributed by atoms with Crippen molar-refractivity contribution >= 4 is 16.8 Å². The summed E-state index contributed by atoms with van der Waals surface area (Å²) < 4.78 is 4.98. The number of rotatable bonds is 7. The molecule has 4 heteroatoms. The second-order valence-electron chi connectivity index (χ2n) is 5.02. The molecule has 1 heterocycles. The van der Waals surface area contributed by atoms with Crippen molar-refractivity contribution in [3.63, 3.8) is 0 Å². The third-order valence-electron chi connectivity index (χ3n) is 3.57. The van der Waals surface area contributed by atoms with E-state index in [1.807, 2.05) is 25.4 Å². The monoisotopic (exact) mass is 274 g/mol. The number of methoxy groups -OCH3 is 1. The van der Waals surface area contributed by atoms with Gasteiger partial charge in [0.25, 0.3) is 0 Å². The van der Waals surface area contributed by atoms with Crippen molar-refractivity contribution in [2.75, 3.05) is 27.3 Å². The van der Waals surface area contributed by atoms with E-state index in [0.29, 0.717) is 19.6 Å². The number of ether oxygens (including phenoxy) is 1. The first-order valence-electron chi connectivity index (χ1n) is 7.00. The molecule has 0 aliphatic rings. The van der Waals surface area contributed by atoms with Crippen molar-refractivity contribution in [2.45, 2.75) is 19.3 Å². The van der Waals surface area contributed by atoms with Crippen molar-refractivity contribution in [1.82, 2.24) is 9.88 Å². The van der Waals surface area contributed by atoms with Crippen LogP contribution >= 0.6 is 0 Å². The molecule has 2 aromatic rings. The van der Waals surface area contributed by atoms with Crippen molar-refractivity contribution in [1.29, 1.82) is 0 Å². The molecule has 0 aliphatic carbocycles. The van der Waals surface area contributed by atoms with Gasteiger partial charge < -0.3 is 14.6 Å². The minimum Gasteiger partial charge on any atom is -0.383 e. The van der Waals surface area contributed by atoms with Crippen LogP contribution in [0.2, 0.25) is 0 Å². The molecule has 0 fully saturated rings. The van der Waals surface area contributed by atoms with E-state index < -0.39 is 0 Å². The highest BCUT2D eigenvalue weighted by Crippen LogP contribution is 2.19. The Labute approximate surface area is 119 Å². The summed E-state index contributed by atoms with van der Waals surface area (Å²) in [6.45, 7) is 1.24. The van der Waals surface area contributed by atoms with Gasteiger partial charge >= 0.3 is 0 Å². The fourth-order valence-corrected chi connectivity index (χ4v) is 2.31. The van der Waals surface area contributed by atoms with Crippen LogP contribution in [0.15, 0.2) is 30.5 Å². The Hall–Kier alpha value is -1.81. The summed E-state index contributed by atoms with van der Waals surface area (Å²) in [6.07, 6.45) is 4.43. The van der Waals surface area contributed by atoms with Crippen molar-refractivity contribution in [3.05, 3.63) is 36.0 Å². The highest BCUT2D eigenvalue weighted by Gasteiger charge is 2.09. The molecule has 0 unspecified atom stereocenters. The molecule has 0 spiro atoms. The second kappa shape index (κ2) is 7.10. The van der Waals surface area contributed by atoms with Gasteiger partial charge in [0.15, 0.2) is 0 Å². The van der Waals surface area contributed by atoms with E-state index in [9.17, 15) is 4.79 Å². The van der Waals surface area contributed by atoms with Crippen LogP contribution in [0.1, 0.15) is 18.4 Å². The lowest BCUT2D eigenvalue weighted by Gasteiger charge is -2.16. The van der Waals surface area contributed by atoms with E-state index in [-0.39, 0.29) is 5.91 Å².